The van der Waals surface area contributed by atoms with E-state index in [4.69, 9.17) is 4.42 Å². The molecule has 0 spiro atoms. The van der Waals surface area contributed by atoms with Crippen molar-refractivity contribution in [1.29, 1.82) is 5.26 Å². The summed E-state index contributed by atoms with van der Waals surface area (Å²) in [5.41, 5.74) is 11.2. The first kappa shape index (κ1) is 36.8. The molecule has 4 nitrogen and oxygen atoms in total. The number of nitriles is 1. The Bertz CT molecular complexity index is 2600. The Balaban J connectivity index is 0.000000215. The minimum absolute atomic E-state index is 0. The van der Waals surface area contributed by atoms with E-state index in [0.29, 0.717) is 28.0 Å². The fourth-order valence-corrected chi connectivity index (χ4v) is 6.38. The molecule has 0 fully saturated rings. The number of aromatic nitrogens is 2. The third-order valence-corrected chi connectivity index (χ3v) is 9.17. The van der Waals surface area contributed by atoms with Gasteiger partial charge in [0.15, 0.2) is 0 Å². The van der Waals surface area contributed by atoms with Gasteiger partial charge < -0.3 is 14.0 Å². The first-order valence-corrected chi connectivity index (χ1v) is 17.0. The zero-order valence-electron chi connectivity index (χ0n) is 29.7. The molecule has 0 radical (unpaired) electrons. The van der Waals surface area contributed by atoms with Gasteiger partial charge in [0.2, 0.25) is 0 Å². The maximum Gasteiger partial charge on any atom is 3.00 e. The van der Waals surface area contributed by atoms with Gasteiger partial charge in [-0.25, -0.2) is 4.39 Å². The topological polar surface area (TPSA) is 53.7 Å². The molecule has 0 aliphatic heterocycles. The summed E-state index contributed by atoms with van der Waals surface area (Å²) in [5.74, 6) is -0.377. The summed E-state index contributed by atoms with van der Waals surface area (Å²) in [7, 11) is 4.10. The molecule has 0 bridgehead atoms. The van der Waals surface area contributed by atoms with Gasteiger partial charge in [-0.2, -0.15) is 23.8 Å². The Labute approximate surface area is 323 Å². The van der Waals surface area contributed by atoms with E-state index < -0.39 is 0 Å². The van der Waals surface area contributed by atoms with Crippen molar-refractivity contribution in [1.82, 2.24) is 4.98 Å². The van der Waals surface area contributed by atoms with Crippen LogP contribution in [0.1, 0.15) is 37.5 Å². The molecular formula is C47H36FIrN3O+. The molecule has 260 valence electrons. The predicted molar refractivity (Wildman–Crippen MR) is 207 cm³/mol. The molecule has 0 atom stereocenters. The van der Waals surface area contributed by atoms with Gasteiger partial charge in [-0.15, -0.1) is 35.9 Å². The van der Waals surface area contributed by atoms with Gasteiger partial charge >= 0.3 is 20.1 Å². The predicted octanol–water partition coefficient (Wildman–Crippen LogP) is 11.6. The number of benzene rings is 5. The van der Waals surface area contributed by atoms with E-state index in [1.165, 1.54) is 23.9 Å². The maximum absolute atomic E-state index is 13.9. The molecular weight excluding hydrogens is 834 g/mol. The number of fused-ring (bicyclic) bond motifs is 3. The molecule has 0 N–H and O–H groups in total. The van der Waals surface area contributed by atoms with Gasteiger partial charge in [-0.05, 0) is 51.6 Å². The number of nitrogens with zero attached hydrogens (tertiary/aromatic N) is 3. The molecule has 3 aromatic heterocycles. The van der Waals surface area contributed by atoms with Crippen LogP contribution in [0.5, 0.6) is 0 Å². The fraction of sp³-hybridized carbons (Fsp3) is 0.0851. The van der Waals surface area contributed by atoms with Gasteiger partial charge in [-0.1, -0.05) is 111 Å². The van der Waals surface area contributed by atoms with Crippen LogP contribution in [0, 0.1) is 37.2 Å². The summed E-state index contributed by atoms with van der Waals surface area (Å²) in [6.07, 6.45) is 3.52. The summed E-state index contributed by atoms with van der Waals surface area (Å²) >= 11 is 0. The first-order chi connectivity index (χ1) is 25.1. The monoisotopic (exact) mass is 870 g/mol. The zero-order chi connectivity index (χ0) is 36.4. The average molecular weight is 870 g/mol. The van der Waals surface area contributed by atoms with E-state index in [9.17, 15) is 9.65 Å². The van der Waals surface area contributed by atoms with Crippen molar-refractivity contribution < 1.29 is 33.5 Å². The SMILES string of the molecule is N#Cc1ccc2c(oc3c(-c4cc(F)ccn4)[c-]ccc32)c1-c1ccc(-c2ccccc2)cc1.[CH2-]c1ccccc1-c1ccc(C(C)(C)C)c[n+]1[CH2-].[Ir+3]. The van der Waals surface area contributed by atoms with Crippen molar-refractivity contribution in [2.75, 3.05) is 0 Å². The van der Waals surface area contributed by atoms with Crippen LogP contribution in [0.25, 0.3) is 66.7 Å². The number of hydrogen-bond donors (Lipinski definition) is 0. The smallest absolute Gasteiger partial charge is 0.500 e. The second-order valence-electron chi connectivity index (χ2n) is 13.7. The van der Waals surface area contributed by atoms with E-state index in [1.807, 2.05) is 83.4 Å². The Morgan fingerprint density at radius 3 is 2.15 bits per heavy atom. The summed E-state index contributed by atoms with van der Waals surface area (Å²) in [5, 5.41) is 11.6. The minimum atomic E-state index is -0.377. The van der Waals surface area contributed by atoms with E-state index in [2.05, 4.69) is 88.4 Å². The molecule has 0 aliphatic carbocycles. The normalized spacial score (nSPS) is 11.0. The van der Waals surface area contributed by atoms with E-state index in [1.54, 1.807) is 6.07 Å². The number of pyridine rings is 2. The molecule has 0 aliphatic rings. The molecule has 0 saturated heterocycles. The molecule has 6 heteroatoms. The maximum atomic E-state index is 13.9. The molecule has 0 saturated carbocycles. The Kier molecular flexibility index (Phi) is 10.6. The molecule has 5 aromatic carbocycles. The van der Waals surface area contributed by atoms with Gasteiger partial charge in [0.05, 0.1) is 29.1 Å². The molecule has 53 heavy (non-hydrogen) atoms. The summed E-state index contributed by atoms with van der Waals surface area (Å²) < 4.78 is 22.2. The fourth-order valence-electron chi connectivity index (χ4n) is 6.38. The molecule has 8 aromatic rings. The molecule has 0 unspecified atom stereocenters. The average Bonchev–Trinajstić information content (AvgIpc) is 3.54. The third-order valence-electron chi connectivity index (χ3n) is 9.17. The van der Waals surface area contributed by atoms with Crippen LogP contribution in [0.15, 0.2) is 144 Å². The largest absolute Gasteiger partial charge is 3.00 e. The molecule has 3 heterocycles. The Hall–Kier alpha value is -5.99. The molecule has 0 amide bonds. The second-order valence-corrected chi connectivity index (χ2v) is 13.7. The van der Waals surface area contributed by atoms with E-state index in [0.717, 1.165) is 49.8 Å². The van der Waals surface area contributed by atoms with Crippen molar-refractivity contribution in [2.24, 2.45) is 0 Å². The van der Waals surface area contributed by atoms with Crippen molar-refractivity contribution in [2.45, 2.75) is 26.2 Å². The van der Waals surface area contributed by atoms with Crippen LogP contribution >= 0.6 is 0 Å². The van der Waals surface area contributed by atoms with Crippen LogP contribution in [-0.4, -0.2) is 4.98 Å². The van der Waals surface area contributed by atoms with E-state index >= 15 is 0 Å². The van der Waals surface area contributed by atoms with E-state index in [-0.39, 0.29) is 31.3 Å². The number of halogens is 1. The minimum Gasteiger partial charge on any atom is -0.500 e. The first-order valence-electron chi connectivity index (χ1n) is 17.0. The van der Waals surface area contributed by atoms with Gasteiger partial charge in [0.25, 0.3) is 0 Å². The third kappa shape index (κ3) is 7.50. The standard InChI is InChI=1S/C30H16FN2O.C17H20N.Ir/c31-23-15-16-33-27(17-23)26-8-4-7-24-25-14-13-22(18-32)28(30(25)34-29(24)26)21-11-9-20(10-12-21)19-5-2-1-3-6-19;1-13-8-6-7-9-15(13)16-11-10-14(12-18(16)5)17(2,3)4;/h1-7,9-17H;6-12H,1,5H2,2-4H3;/q2*-1;+3. The van der Waals surface area contributed by atoms with Gasteiger partial charge in [-0.3, -0.25) is 0 Å². The quantitative estimate of drug-likeness (QED) is 0.131. The Morgan fingerprint density at radius 2 is 1.47 bits per heavy atom. The van der Waals surface area contributed by atoms with Crippen LogP contribution in [-0.2, 0) is 25.5 Å². The van der Waals surface area contributed by atoms with Crippen LogP contribution in [0.3, 0.4) is 0 Å². The van der Waals surface area contributed by atoms with Crippen molar-refractivity contribution >= 4 is 21.9 Å². The number of furan rings is 1. The molecule has 8 rings (SSSR count). The van der Waals surface area contributed by atoms with Crippen molar-refractivity contribution in [3.8, 4) is 50.8 Å². The van der Waals surface area contributed by atoms with Crippen LogP contribution in [0.2, 0.25) is 0 Å². The second kappa shape index (κ2) is 15.3. The van der Waals surface area contributed by atoms with Gasteiger partial charge in [0.1, 0.15) is 11.4 Å². The summed E-state index contributed by atoms with van der Waals surface area (Å²) in [4.78, 5) is 4.30. The van der Waals surface area contributed by atoms with Gasteiger partial charge in [0, 0.05) is 24.2 Å². The number of hydrogen-bond acceptors (Lipinski definition) is 3. The zero-order valence-corrected chi connectivity index (χ0v) is 32.0. The summed E-state index contributed by atoms with van der Waals surface area (Å²) in [6, 6.07) is 46.2. The van der Waals surface area contributed by atoms with Crippen molar-refractivity contribution in [3.05, 3.63) is 182 Å². The van der Waals surface area contributed by atoms with Crippen LogP contribution in [0.4, 0.5) is 4.39 Å². The van der Waals surface area contributed by atoms with Crippen LogP contribution < -0.4 is 4.57 Å². The number of rotatable bonds is 4. The Morgan fingerprint density at radius 1 is 0.792 bits per heavy atom. The summed E-state index contributed by atoms with van der Waals surface area (Å²) in [6.45, 7) is 10.7. The van der Waals surface area contributed by atoms with Crippen molar-refractivity contribution in [3.63, 3.8) is 0 Å².